The number of hydrogen-bond donors (Lipinski definition) is 0. The number of carbonyl (C=O) groups is 2. The number of nitrogens with zero attached hydrogens (tertiary/aromatic N) is 1. The van der Waals surface area contributed by atoms with Crippen molar-refractivity contribution in [2.45, 2.75) is 315 Å². The first-order chi connectivity index (χ1) is 43.0. The first-order valence-corrected chi connectivity index (χ1v) is 37.7. The minimum atomic E-state index is -4.66. The number of phosphoric acid groups is 1. The SMILES string of the molecule is CC/C=C\C/C=C\C/C=C\C/C=C\C/C=C\C/C=C\C/C=C\C/C=C\C/C=C\CCCCCCCC(=O)OC(COC(=O)CCCCCCCCCCCCCCCCCCCCC/C=C\CCCCCCCCCC)COP(=O)([O-])OCC[N+](C)(C)C. The Morgan fingerprint density at radius 2 is 0.648 bits per heavy atom. The summed E-state index contributed by atoms with van der Waals surface area (Å²) in [5.41, 5.74) is 0. The van der Waals surface area contributed by atoms with Crippen molar-refractivity contribution in [2.24, 2.45) is 0 Å². The number of carbonyl (C=O) groups excluding carboxylic acids is 2. The number of phosphoric ester groups is 1. The maximum atomic E-state index is 12.9. The van der Waals surface area contributed by atoms with Gasteiger partial charge in [0.05, 0.1) is 27.7 Å². The van der Waals surface area contributed by atoms with Gasteiger partial charge in [-0.15, -0.1) is 0 Å². The third-order valence-corrected chi connectivity index (χ3v) is 16.4. The van der Waals surface area contributed by atoms with Crippen LogP contribution in [-0.2, 0) is 32.7 Å². The molecule has 2 atom stereocenters. The highest BCUT2D eigenvalue weighted by Crippen LogP contribution is 2.38. The minimum Gasteiger partial charge on any atom is -0.756 e. The van der Waals surface area contributed by atoms with Crippen LogP contribution in [0.25, 0.3) is 0 Å². The fraction of sp³-hybridized carbons (Fsp3) is 0.718. The smallest absolute Gasteiger partial charge is 0.306 e. The second-order valence-corrected chi connectivity index (χ2v) is 26.6. The molecule has 506 valence electrons. The van der Waals surface area contributed by atoms with Gasteiger partial charge in [0.2, 0.25) is 0 Å². The van der Waals surface area contributed by atoms with E-state index in [0.717, 1.165) is 109 Å². The third-order valence-electron chi connectivity index (χ3n) is 15.5. The summed E-state index contributed by atoms with van der Waals surface area (Å²) < 4.78 is 34.3. The number of allylic oxidation sites excluding steroid dienone is 20. The average molecular weight is 1250 g/mol. The lowest BCUT2D eigenvalue weighted by Crippen LogP contribution is -2.37. The predicted molar refractivity (Wildman–Crippen MR) is 378 cm³/mol. The lowest BCUT2D eigenvalue weighted by atomic mass is 10.0. The van der Waals surface area contributed by atoms with Crippen LogP contribution in [0.3, 0.4) is 0 Å². The molecule has 0 radical (unpaired) electrons. The van der Waals surface area contributed by atoms with Crippen LogP contribution < -0.4 is 4.89 Å². The molecule has 0 bridgehead atoms. The maximum Gasteiger partial charge on any atom is 0.306 e. The van der Waals surface area contributed by atoms with Gasteiger partial charge in [-0.1, -0.05) is 309 Å². The molecule has 0 aromatic heterocycles. The van der Waals surface area contributed by atoms with Gasteiger partial charge in [0.1, 0.15) is 19.8 Å². The Morgan fingerprint density at radius 3 is 0.977 bits per heavy atom. The zero-order valence-corrected chi connectivity index (χ0v) is 58.5. The molecule has 2 unspecified atom stereocenters. The van der Waals surface area contributed by atoms with E-state index >= 15 is 0 Å². The third kappa shape index (κ3) is 71.5. The Kier molecular flexibility index (Phi) is 65.0. The molecule has 0 saturated carbocycles. The molecule has 10 heteroatoms. The molecule has 0 saturated heterocycles. The van der Waals surface area contributed by atoms with Crippen LogP contribution in [0.1, 0.15) is 309 Å². The molecule has 9 nitrogen and oxygen atoms in total. The monoisotopic (exact) mass is 1250 g/mol. The molecule has 0 amide bonds. The summed E-state index contributed by atoms with van der Waals surface area (Å²) in [6.07, 6.45) is 97.2. The molecule has 0 fully saturated rings. The van der Waals surface area contributed by atoms with Crippen LogP contribution in [0, 0.1) is 0 Å². The molecular weight excluding hydrogens is 1110 g/mol. The summed E-state index contributed by atoms with van der Waals surface area (Å²) in [4.78, 5) is 38.1. The Balaban J connectivity index is 4.11. The fourth-order valence-electron chi connectivity index (χ4n) is 9.94. The van der Waals surface area contributed by atoms with E-state index in [2.05, 4.69) is 135 Å². The number of quaternary nitrogens is 1. The second kappa shape index (κ2) is 67.8. The quantitative estimate of drug-likeness (QED) is 0.0195. The Hall–Kier alpha value is -3.59. The second-order valence-electron chi connectivity index (χ2n) is 25.2. The molecule has 0 rings (SSSR count). The first kappa shape index (κ1) is 84.4. The maximum absolute atomic E-state index is 12.9. The van der Waals surface area contributed by atoms with E-state index in [0.29, 0.717) is 17.4 Å². The standard InChI is InChI=1S/C78H136NO8P/c1-6-8-10-12-14-16-18-20-22-24-26-28-30-32-34-36-38-39-41-43-45-47-49-51-53-55-57-59-61-63-65-67-69-71-78(81)87-76(75-86-88(82,83)85-73-72-79(3,4)5)74-84-77(80)70-68-66-64-62-60-58-56-54-52-50-48-46-44-42-40-37-35-33-31-29-27-25-23-21-19-17-15-13-11-9-7-2/h8,10,14,16,20,22,25-28,32,34,38-39,43,45,49,51,55,57,76H,6-7,9,11-13,15,17-19,21,23-24,29-31,33,35-37,40-42,44,46-48,50,52-54,56,58-75H2,1-5H3/b10-8-,16-14-,22-20-,27-25-,28-26-,34-32-,39-38-,45-43-,51-49-,57-55-. The van der Waals surface area contributed by atoms with Gasteiger partial charge in [-0.25, -0.2) is 0 Å². The van der Waals surface area contributed by atoms with Crippen LogP contribution in [-0.4, -0.2) is 70.0 Å². The normalized spacial score (nSPS) is 13.8. The Morgan fingerprint density at radius 1 is 0.364 bits per heavy atom. The lowest BCUT2D eigenvalue weighted by Gasteiger charge is -2.28. The van der Waals surface area contributed by atoms with Crippen LogP contribution in [0.2, 0.25) is 0 Å². The van der Waals surface area contributed by atoms with Gasteiger partial charge in [-0.3, -0.25) is 14.2 Å². The molecule has 0 aromatic carbocycles. The summed E-state index contributed by atoms with van der Waals surface area (Å²) >= 11 is 0. The van der Waals surface area contributed by atoms with E-state index in [1.165, 1.54) is 167 Å². The zero-order valence-electron chi connectivity index (χ0n) is 57.6. The number of ether oxygens (including phenoxy) is 2. The largest absolute Gasteiger partial charge is 0.756 e. The number of likely N-dealkylation sites (N-methyl/N-ethyl adjacent to an activating group) is 1. The highest BCUT2D eigenvalue weighted by atomic mass is 31.2. The summed E-state index contributed by atoms with van der Waals surface area (Å²) in [6.45, 7) is 4.12. The number of rotatable bonds is 66. The van der Waals surface area contributed by atoms with Crippen molar-refractivity contribution in [3.8, 4) is 0 Å². The van der Waals surface area contributed by atoms with Crippen molar-refractivity contribution in [3.63, 3.8) is 0 Å². The van der Waals surface area contributed by atoms with Crippen molar-refractivity contribution < 1.29 is 42.1 Å². The van der Waals surface area contributed by atoms with Crippen molar-refractivity contribution >= 4 is 19.8 Å². The van der Waals surface area contributed by atoms with Crippen molar-refractivity contribution in [1.29, 1.82) is 0 Å². The highest BCUT2D eigenvalue weighted by Gasteiger charge is 2.22. The predicted octanol–water partition coefficient (Wildman–Crippen LogP) is 23.2. The van der Waals surface area contributed by atoms with Gasteiger partial charge in [0.15, 0.2) is 6.10 Å². The molecule has 0 spiro atoms. The summed E-state index contributed by atoms with van der Waals surface area (Å²) in [6, 6.07) is 0. The van der Waals surface area contributed by atoms with Crippen molar-refractivity contribution in [2.75, 3.05) is 47.5 Å². The van der Waals surface area contributed by atoms with E-state index in [4.69, 9.17) is 18.5 Å². The minimum absolute atomic E-state index is 0.0399. The molecule has 0 N–H and O–H groups in total. The number of esters is 2. The highest BCUT2D eigenvalue weighted by molar-refractivity contribution is 7.45. The molecule has 0 aliphatic rings. The van der Waals surface area contributed by atoms with Gasteiger partial charge >= 0.3 is 11.9 Å². The average Bonchev–Trinajstić information content (AvgIpc) is 3.56. The van der Waals surface area contributed by atoms with Gasteiger partial charge < -0.3 is 27.9 Å². The van der Waals surface area contributed by atoms with Crippen LogP contribution >= 0.6 is 7.82 Å². The molecule has 88 heavy (non-hydrogen) atoms. The van der Waals surface area contributed by atoms with Crippen molar-refractivity contribution in [3.05, 3.63) is 122 Å². The topological polar surface area (TPSA) is 111 Å². The molecule has 0 aromatic rings. The lowest BCUT2D eigenvalue weighted by molar-refractivity contribution is -0.870. The molecule has 0 aliphatic carbocycles. The molecular formula is C78H136NO8P. The van der Waals surface area contributed by atoms with E-state index in [9.17, 15) is 19.0 Å². The van der Waals surface area contributed by atoms with Crippen molar-refractivity contribution in [1.82, 2.24) is 0 Å². The molecule has 0 aliphatic heterocycles. The van der Waals surface area contributed by atoms with Gasteiger partial charge in [-0.05, 0) is 109 Å². The number of hydrogen-bond acceptors (Lipinski definition) is 8. The van der Waals surface area contributed by atoms with Gasteiger partial charge in [0.25, 0.3) is 7.82 Å². The molecule has 0 heterocycles. The van der Waals surface area contributed by atoms with Gasteiger partial charge in [-0.2, -0.15) is 0 Å². The van der Waals surface area contributed by atoms with Gasteiger partial charge in [0, 0.05) is 12.8 Å². The zero-order chi connectivity index (χ0) is 64.1. The van der Waals surface area contributed by atoms with Crippen LogP contribution in [0.4, 0.5) is 0 Å². The Bertz CT molecular complexity index is 1900. The first-order valence-electron chi connectivity index (χ1n) is 36.2. The van der Waals surface area contributed by atoms with E-state index < -0.39 is 26.5 Å². The summed E-state index contributed by atoms with van der Waals surface area (Å²) in [5, 5.41) is 0. The fourth-order valence-corrected chi connectivity index (χ4v) is 10.7. The van der Waals surface area contributed by atoms with E-state index in [1.807, 2.05) is 21.1 Å². The van der Waals surface area contributed by atoms with Crippen LogP contribution in [0.5, 0.6) is 0 Å². The Labute approximate surface area is 543 Å². The van der Waals surface area contributed by atoms with Crippen LogP contribution in [0.15, 0.2) is 122 Å². The van der Waals surface area contributed by atoms with E-state index in [1.54, 1.807) is 0 Å². The van der Waals surface area contributed by atoms with E-state index in [-0.39, 0.29) is 32.0 Å². The summed E-state index contributed by atoms with van der Waals surface area (Å²) in [5.74, 6) is -0.852. The number of unbranched alkanes of at least 4 members (excludes halogenated alkanes) is 32. The summed E-state index contributed by atoms with van der Waals surface area (Å²) in [7, 11) is 1.15.